The van der Waals surface area contributed by atoms with Gasteiger partial charge in [-0.3, -0.25) is 9.59 Å². The minimum Gasteiger partial charge on any atom is -0.325 e. The van der Waals surface area contributed by atoms with Crippen LogP contribution >= 0.6 is 27.7 Å². The third-order valence-electron chi connectivity index (χ3n) is 3.66. The molecule has 0 unspecified atom stereocenters. The number of para-hydroxylation sites is 1. The first-order valence-corrected chi connectivity index (χ1v) is 9.70. The summed E-state index contributed by atoms with van der Waals surface area (Å²) in [6, 6.07) is 20.9. The van der Waals surface area contributed by atoms with Gasteiger partial charge in [-0.2, -0.15) is 0 Å². The molecule has 1 heterocycles. The van der Waals surface area contributed by atoms with Crippen LogP contribution in [0.2, 0.25) is 0 Å². The number of hydrogen-bond donors (Lipinski definition) is 1. The first-order valence-electron chi connectivity index (χ1n) is 8.09. The van der Waals surface area contributed by atoms with Crippen LogP contribution in [0.4, 0.5) is 5.69 Å². The Morgan fingerprint density at radius 1 is 1.00 bits per heavy atom. The lowest BCUT2D eigenvalue weighted by molar-refractivity contribution is -0.116. The van der Waals surface area contributed by atoms with Crippen LogP contribution in [0.3, 0.4) is 0 Å². The lowest BCUT2D eigenvalue weighted by Gasteiger charge is -2.11. The standard InChI is InChI=1S/C20H17BrN2O2S/c21-15-10-11-20(25)23(14-15)13-12-19(24)22-17-8-4-5-9-18(17)26-16-6-2-1-3-7-16/h1-11,14H,12-13H2,(H,22,24). The molecule has 0 fully saturated rings. The molecule has 0 bridgehead atoms. The maximum absolute atomic E-state index is 12.3. The molecule has 132 valence electrons. The molecule has 0 saturated heterocycles. The Labute approximate surface area is 164 Å². The van der Waals surface area contributed by atoms with Gasteiger partial charge in [-0.05, 0) is 46.3 Å². The maximum Gasteiger partial charge on any atom is 0.250 e. The fraction of sp³-hybridized carbons (Fsp3) is 0.100. The van der Waals surface area contributed by atoms with Crippen molar-refractivity contribution < 1.29 is 4.79 Å². The molecule has 0 aliphatic rings. The van der Waals surface area contributed by atoms with E-state index in [-0.39, 0.29) is 17.9 Å². The van der Waals surface area contributed by atoms with Crippen molar-refractivity contribution in [3.05, 3.63) is 87.8 Å². The number of amides is 1. The van der Waals surface area contributed by atoms with Crippen molar-refractivity contribution in [1.82, 2.24) is 4.57 Å². The van der Waals surface area contributed by atoms with E-state index in [1.54, 1.807) is 24.0 Å². The molecule has 0 saturated carbocycles. The predicted octanol–water partition coefficient (Wildman–Crippen LogP) is 4.79. The highest BCUT2D eigenvalue weighted by Gasteiger charge is 2.09. The number of anilines is 1. The van der Waals surface area contributed by atoms with Gasteiger partial charge in [0.25, 0.3) is 5.56 Å². The van der Waals surface area contributed by atoms with E-state index in [9.17, 15) is 9.59 Å². The zero-order valence-electron chi connectivity index (χ0n) is 13.9. The van der Waals surface area contributed by atoms with Crippen molar-refractivity contribution in [2.24, 2.45) is 0 Å². The lowest BCUT2D eigenvalue weighted by atomic mass is 10.3. The van der Waals surface area contributed by atoms with Gasteiger partial charge in [-0.25, -0.2) is 0 Å². The van der Waals surface area contributed by atoms with Gasteiger partial charge in [0, 0.05) is 39.5 Å². The molecule has 1 amide bonds. The van der Waals surface area contributed by atoms with Crippen LogP contribution in [0.15, 0.2) is 92.0 Å². The van der Waals surface area contributed by atoms with Crippen molar-refractivity contribution in [2.75, 3.05) is 5.32 Å². The van der Waals surface area contributed by atoms with Crippen LogP contribution in [0.1, 0.15) is 6.42 Å². The molecule has 26 heavy (non-hydrogen) atoms. The van der Waals surface area contributed by atoms with Gasteiger partial charge in [-0.1, -0.05) is 42.1 Å². The second-order valence-electron chi connectivity index (χ2n) is 5.59. The summed E-state index contributed by atoms with van der Waals surface area (Å²) >= 11 is 4.93. The third kappa shape index (κ3) is 5.09. The minimum atomic E-state index is -0.127. The van der Waals surface area contributed by atoms with E-state index in [2.05, 4.69) is 21.2 Å². The van der Waals surface area contributed by atoms with Crippen molar-refractivity contribution in [1.29, 1.82) is 0 Å². The minimum absolute atomic E-state index is 0.124. The Bertz CT molecular complexity index is 957. The molecule has 3 rings (SSSR count). The Morgan fingerprint density at radius 3 is 2.54 bits per heavy atom. The van der Waals surface area contributed by atoms with Gasteiger partial charge in [-0.15, -0.1) is 0 Å². The number of aryl methyl sites for hydroxylation is 1. The fourth-order valence-corrected chi connectivity index (χ4v) is 3.69. The topological polar surface area (TPSA) is 51.1 Å². The van der Waals surface area contributed by atoms with Crippen LogP contribution in [-0.2, 0) is 11.3 Å². The molecule has 1 aromatic heterocycles. The lowest BCUT2D eigenvalue weighted by Crippen LogP contribution is -2.22. The summed E-state index contributed by atoms with van der Waals surface area (Å²) in [4.78, 5) is 26.2. The average Bonchev–Trinajstić information content (AvgIpc) is 2.65. The highest BCUT2D eigenvalue weighted by atomic mass is 79.9. The van der Waals surface area contributed by atoms with Crippen LogP contribution in [0.5, 0.6) is 0 Å². The van der Waals surface area contributed by atoms with Gasteiger partial charge < -0.3 is 9.88 Å². The molecule has 0 radical (unpaired) electrons. The second-order valence-corrected chi connectivity index (χ2v) is 7.62. The molecule has 0 spiro atoms. The monoisotopic (exact) mass is 428 g/mol. The van der Waals surface area contributed by atoms with E-state index in [4.69, 9.17) is 0 Å². The SMILES string of the molecule is O=C(CCn1cc(Br)ccc1=O)Nc1ccccc1Sc1ccccc1. The fourth-order valence-electron chi connectivity index (χ4n) is 2.39. The van der Waals surface area contributed by atoms with Crippen LogP contribution in [0.25, 0.3) is 0 Å². The molecule has 0 aliphatic carbocycles. The molecule has 6 heteroatoms. The van der Waals surface area contributed by atoms with E-state index in [0.29, 0.717) is 6.54 Å². The smallest absolute Gasteiger partial charge is 0.250 e. The number of pyridine rings is 1. The third-order valence-corrected chi connectivity index (χ3v) is 5.21. The number of carbonyl (C=O) groups is 1. The number of benzene rings is 2. The molecule has 3 aromatic rings. The number of hydrogen-bond acceptors (Lipinski definition) is 3. The van der Waals surface area contributed by atoms with Gasteiger partial charge >= 0.3 is 0 Å². The number of rotatable bonds is 6. The van der Waals surface area contributed by atoms with Gasteiger partial charge in [0.15, 0.2) is 0 Å². The Balaban J connectivity index is 1.66. The Morgan fingerprint density at radius 2 is 1.73 bits per heavy atom. The first kappa shape index (κ1) is 18.5. The molecule has 4 nitrogen and oxygen atoms in total. The largest absolute Gasteiger partial charge is 0.325 e. The van der Waals surface area contributed by atoms with E-state index in [0.717, 1.165) is 20.0 Å². The first-order chi connectivity index (χ1) is 12.6. The van der Waals surface area contributed by atoms with Crippen molar-refractivity contribution >= 4 is 39.3 Å². The summed E-state index contributed by atoms with van der Waals surface area (Å²) in [6.07, 6.45) is 1.91. The number of nitrogens with one attached hydrogen (secondary N) is 1. The highest BCUT2D eigenvalue weighted by Crippen LogP contribution is 2.33. The van der Waals surface area contributed by atoms with Crippen LogP contribution < -0.4 is 10.9 Å². The summed E-state index contributed by atoms with van der Waals surface area (Å²) in [5.41, 5.74) is 0.647. The van der Waals surface area contributed by atoms with Gasteiger partial charge in [0.1, 0.15) is 0 Å². The molecule has 0 atom stereocenters. The quantitative estimate of drug-likeness (QED) is 0.613. The zero-order chi connectivity index (χ0) is 18.4. The normalized spacial score (nSPS) is 10.5. The van der Waals surface area contributed by atoms with Crippen molar-refractivity contribution in [3.63, 3.8) is 0 Å². The number of aromatic nitrogens is 1. The Hall–Kier alpha value is -2.31. The maximum atomic E-state index is 12.3. The molecular weight excluding hydrogens is 412 g/mol. The summed E-state index contributed by atoms with van der Waals surface area (Å²) in [7, 11) is 0. The second kappa shape index (κ2) is 8.87. The molecule has 2 aromatic carbocycles. The molecular formula is C20H17BrN2O2S. The van der Waals surface area contributed by atoms with Gasteiger partial charge in [0.2, 0.25) is 5.91 Å². The highest BCUT2D eigenvalue weighted by molar-refractivity contribution is 9.10. The zero-order valence-corrected chi connectivity index (χ0v) is 16.3. The molecule has 1 N–H and O–H groups in total. The van der Waals surface area contributed by atoms with Gasteiger partial charge in [0.05, 0.1) is 5.69 Å². The van der Waals surface area contributed by atoms with E-state index in [1.807, 2.05) is 54.6 Å². The summed E-state index contributed by atoms with van der Waals surface area (Å²) in [5, 5.41) is 2.95. The number of nitrogens with zero attached hydrogens (tertiary/aromatic N) is 1. The van der Waals surface area contributed by atoms with E-state index < -0.39 is 0 Å². The summed E-state index contributed by atoms with van der Waals surface area (Å²) < 4.78 is 2.33. The van der Waals surface area contributed by atoms with E-state index in [1.165, 1.54) is 10.6 Å². The average molecular weight is 429 g/mol. The van der Waals surface area contributed by atoms with Crippen molar-refractivity contribution in [2.45, 2.75) is 22.8 Å². The number of halogens is 1. The molecule has 0 aliphatic heterocycles. The van der Waals surface area contributed by atoms with Crippen LogP contribution in [0, 0.1) is 0 Å². The summed E-state index contributed by atoms with van der Waals surface area (Å²) in [6.45, 7) is 0.331. The summed E-state index contributed by atoms with van der Waals surface area (Å²) in [5.74, 6) is -0.127. The number of carbonyl (C=O) groups excluding carboxylic acids is 1. The van der Waals surface area contributed by atoms with Crippen LogP contribution in [-0.4, -0.2) is 10.5 Å². The van der Waals surface area contributed by atoms with E-state index >= 15 is 0 Å². The Kier molecular flexibility index (Phi) is 6.30. The predicted molar refractivity (Wildman–Crippen MR) is 109 cm³/mol. The van der Waals surface area contributed by atoms with Crippen molar-refractivity contribution in [3.8, 4) is 0 Å².